The normalized spacial score (nSPS) is 10.5. The van der Waals surface area contributed by atoms with E-state index in [0.29, 0.717) is 12.1 Å². The number of aromatic nitrogens is 1. The average Bonchev–Trinajstić information content (AvgIpc) is 2.77. The second-order valence-electron chi connectivity index (χ2n) is 4.55. The molecule has 2 heterocycles. The van der Waals surface area contributed by atoms with E-state index in [1.54, 1.807) is 42.6 Å². The number of nitrogens with zero attached hydrogens (tertiary/aromatic N) is 2. The van der Waals surface area contributed by atoms with Crippen LogP contribution in [0.25, 0.3) is 0 Å². The number of amides is 1. The highest BCUT2D eigenvalue weighted by molar-refractivity contribution is 7.10. The number of hydrogen-bond donors (Lipinski definition) is 0. The van der Waals surface area contributed by atoms with Gasteiger partial charge in [0.25, 0.3) is 11.5 Å². The van der Waals surface area contributed by atoms with Gasteiger partial charge in [-0.2, -0.15) is 0 Å². The second kappa shape index (κ2) is 5.40. The zero-order valence-electron chi connectivity index (χ0n) is 11.2. The molecule has 0 spiro atoms. The van der Waals surface area contributed by atoms with Crippen LogP contribution in [0.3, 0.4) is 0 Å². The van der Waals surface area contributed by atoms with E-state index in [1.807, 2.05) is 18.4 Å². The van der Waals surface area contributed by atoms with Gasteiger partial charge in [-0.1, -0.05) is 0 Å². The fourth-order valence-electron chi connectivity index (χ4n) is 1.76. The van der Waals surface area contributed by atoms with Gasteiger partial charge >= 0.3 is 0 Å². The first kappa shape index (κ1) is 13.5. The Hall–Kier alpha value is -1.88. The predicted octanol–water partition coefficient (Wildman–Crippen LogP) is 2.03. The Morgan fingerprint density at radius 1 is 1.42 bits per heavy atom. The van der Waals surface area contributed by atoms with E-state index in [1.165, 1.54) is 21.1 Å². The summed E-state index contributed by atoms with van der Waals surface area (Å²) < 4.78 is 1.44. The number of carbonyl (C=O) groups excluding carboxylic acids is 1. The van der Waals surface area contributed by atoms with Crippen molar-refractivity contribution in [3.05, 3.63) is 56.1 Å². The monoisotopic (exact) mass is 276 g/mol. The van der Waals surface area contributed by atoms with Crippen molar-refractivity contribution in [2.75, 3.05) is 7.05 Å². The Morgan fingerprint density at radius 2 is 2.16 bits per heavy atom. The quantitative estimate of drug-likeness (QED) is 0.861. The van der Waals surface area contributed by atoms with Crippen LogP contribution >= 0.6 is 11.3 Å². The first-order valence-corrected chi connectivity index (χ1v) is 6.82. The molecule has 0 saturated carbocycles. The topological polar surface area (TPSA) is 42.3 Å². The lowest BCUT2D eigenvalue weighted by atomic mass is 10.2. The molecule has 0 bridgehead atoms. The van der Waals surface area contributed by atoms with Crippen molar-refractivity contribution < 1.29 is 4.79 Å². The van der Waals surface area contributed by atoms with Crippen molar-refractivity contribution in [1.29, 1.82) is 0 Å². The minimum atomic E-state index is -0.174. The van der Waals surface area contributed by atoms with Gasteiger partial charge in [0.2, 0.25) is 0 Å². The van der Waals surface area contributed by atoms with Gasteiger partial charge in [0.1, 0.15) is 0 Å². The van der Waals surface area contributed by atoms with Gasteiger partial charge in [-0.15, -0.1) is 11.3 Å². The molecule has 2 rings (SSSR count). The molecule has 0 saturated heterocycles. The number of hydrogen-bond acceptors (Lipinski definition) is 3. The summed E-state index contributed by atoms with van der Waals surface area (Å²) in [5.74, 6) is -0.134. The van der Waals surface area contributed by atoms with E-state index in [2.05, 4.69) is 0 Å². The number of aryl methyl sites for hydroxylation is 2. The van der Waals surface area contributed by atoms with Crippen LogP contribution in [0.5, 0.6) is 0 Å². The molecule has 0 atom stereocenters. The highest BCUT2D eigenvalue weighted by atomic mass is 32.1. The predicted molar refractivity (Wildman–Crippen MR) is 76.5 cm³/mol. The first-order chi connectivity index (χ1) is 8.99. The van der Waals surface area contributed by atoms with Gasteiger partial charge in [0.05, 0.1) is 6.54 Å². The Kier molecular flexibility index (Phi) is 3.85. The molecule has 0 aromatic carbocycles. The van der Waals surface area contributed by atoms with Crippen LogP contribution in [-0.2, 0) is 13.6 Å². The summed E-state index contributed by atoms with van der Waals surface area (Å²) in [4.78, 5) is 26.6. The van der Waals surface area contributed by atoms with Crippen molar-refractivity contribution >= 4 is 17.2 Å². The molecule has 2 aromatic rings. The highest BCUT2D eigenvalue weighted by Crippen LogP contribution is 2.18. The van der Waals surface area contributed by atoms with Crippen molar-refractivity contribution in [3.63, 3.8) is 0 Å². The minimum Gasteiger partial charge on any atom is -0.337 e. The Balaban J connectivity index is 2.17. The van der Waals surface area contributed by atoms with E-state index >= 15 is 0 Å². The maximum Gasteiger partial charge on any atom is 0.254 e. The molecule has 5 heteroatoms. The van der Waals surface area contributed by atoms with Crippen LogP contribution in [0.15, 0.2) is 34.6 Å². The van der Waals surface area contributed by atoms with Gasteiger partial charge in [0, 0.05) is 36.8 Å². The molecular weight excluding hydrogens is 260 g/mol. The summed E-state index contributed by atoms with van der Waals surface area (Å²) in [6.45, 7) is 2.60. The fourth-order valence-corrected chi connectivity index (χ4v) is 2.71. The molecule has 0 N–H and O–H groups in total. The summed E-state index contributed by atoms with van der Waals surface area (Å²) in [5.41, 5.74) is 1.44. The number of carbonyl (C=O) groups is 1. The summed E-state index contributed by atoms with van der Waals surface area (Å²) in [7, 11) is 3.41. The molecule has 0 radical (unpaired) electrons. The van der Waals surface area contributed by atoms with E-state index in [9.17, 15) is 9.59 Å². The molecule has 19 heavy (non-hydrogen) atoms. The Morgan fingerprint density at radius 3 is 2.74 bits per heavy atom. The van der Waals surface area contributed by atoms with Crippen molar-refractivity contribution in [3.8, 4) is 0 Å². The first-order valence-electron chi connectivity index (χ1n) is 5.94. The van der Waals surface area contributed by atoms with Crippen molar-refractivity contribution in [1.82, 2.24) is 9.47 Å². The van der Waals surface area contributed by atoms with E-state index in [4.69, 9.17) is 0 Å². The third-order valence-electron chi connectivity index (χ3n) is 3.05. The largest absolute Gasteiger partial charge is 0.337 e. The lowest BCUT2D eigenvalue weighted by Gasteiger charge is -2.17. The number of thiophene rings is 1. The Bertz CT molecular complexity index is 657. The van der Waals surface area contributed by atoms with Crippen LogP contribution in [0, 0.1) is 6.92 Å². The third-order valence-corrected chi connectivity index (χ3v) is 4.05. The molecule has 100 valence electrons. The molecule has 0 aliphatic carbocycles. The van der Waals surface area contributed by atoms with Crippen LogP contribution in [0.2, 0.25) is 0 Å². The smallest absolute Gasteiger partial charge is 0.254 e. The molecule has 0 aliphatic rings. The van der Waals surface area contributed by atoms with E-state index < -0.39 is 0 Å². The lowest BCUT2D eigenvalue weighted by Crippen LogP contribution is -2.28. The molecular formula is C14H16N2O2S. The van der Waals surface area contributed by atoms with Crippen LogP contribution in [0.1, 0.15) is 20.8 Å². The summed E-state index contributed by atoms with van der Waals surface area (Å²) >= 11 is 1.64. The minimum absolute atomic E-state index is 0.134. The summed E-state index contributed by atoms with van der Waals surface area (Å²) in [6, 6.07) is 5.08. The molecule has 0 aliphatic heterocycles. The Labute approximate surface area is 115 Å². The standard InChI is InChI=1S/C14H16N2O2S/c1-10-5-7-19-12(10)9-16(3)14(18)11-4-6-15(2)13(17)8-11/h4-8H,9H2,1-3H3. The number of rotatable bonds is 3. The van der Waals surface area contributed by atoms with Gasteiger partial charge in [-0.05, 0) is 30.0 Å². The molecule has 0 fully saturated rings. The van der Waals surface area contributed by atoms with Crippen LogP contribution in [0.4, 0.5) is 0 Å². The summed E-state index contributed by atoms with van der Waals surface area (Å²) in [6.07, 6.45) is 1.61. The SMILES string of the molecule is Cc1ccsc1CN(C)C(=O)c1ccn(C)c(=O)c1. The lowest BCUT2D eigenvalue weighted by molar-refractivity contribution is 0.0786. The molecule has 1 amide bonds. The number of pyridine rings is 1. The van der Waals surface area contributed by atoms with Crippen molar-refractivity contribution in [2.24, 2.45) is 7.05 Å². The van der Waals surface area contributed by atoms with Gasteiger partial charge < -0.3 is 9.47 Å². The zero-order chi connectivity index (χ0) is 14.0. The van der Waals surface area contributed by atoms with Gasteiger partial charge in [0.15, 0.2) is 0 Å². The van der Waals surface area contributed by atoms with Crippen LogP contribution in [-0.4, -0.2) is 22.4 Å². The van der Waals surface area contributed by atoms with Crippen molar-refractivity contribution in [2.45, 2.75) is 13.5 Å². The van der Waals surface area contributed by atoms with Gasteiger partial charge in [-0.25, -0.2) is 0 Å². The fraction of sp³-hybridized carbons (Fsp3) is 0.286. The van der Waals surface area contributed by atoms with E-state index in [-0.39, 0.29) is 11.5 Å². The maximum absolute atomic E-state index is 12.2. The molecule has 0 unspecified atom stereocenters. The van der Waals surface area contributed by atoms with Crippen LogP contribution < -0.4 is 5.56 Å². The molecule has 4 nitrogen and oxygen atoms in total. The summed E-state index contributed by atoms with van der Waals surface area (Å²) in [5, 5.41) is 2.02. The highest BCUT2D eigenvalue weighted by Gasteiger charge is 2.14. The third kappa shape index (κ3) is 2.93. The zero-order valence-corrected chi connectivity index (χ0v) is 12.0. The second-order valence-corrected chi connectivity index (χ2v) is 5.55. The average molecular weight is 276 g/mol. The van der Waals surface area contributed by atoms with Gasteiger partial charge in [-0.3, -0.25) is 9.59 Å². The van der Waals surface area contributed by atoms with E-state index in [0.717, 1.165) is 0 Å². The molecule has 2 aromatic heterocycles. The maximum atomic E-state index is 12.2.